The van der Waals surface area contributed by atoms with Gasteiger partial charge in [-0.2, -0.15) is 5.26 Å². The minimum absolute atomic E-state index is 0.00549. The van der Waals surface area contributed by atoms with Crippen LogP contribution in [-0.4, -0.2) is 35.5 Å². The number of carbonyl (C=O) groups is 2. The average Bonchev–Trinajstić information content (AvgIpc) is 3.37. The van der Waals surface area contributed by atoms with Gasteiger partial charge in [0.05, 0.1) is 5.56 Å². The fraction of sp³-hybridized carbons (Fsp3) is 0.300. The van der Waals surface area contributed by atoms with Gasteiger partial charge < -0.3 is 9.64 Å². The molecule has 0 spiro atoms. The van der Waals surface area contributed by atoms with Crippen LogP contribution in [0.25, 0.3) is 11.1 Å². The van der Waals surface area contributed by atoms with Crippen LogP contribution in [0.3, 0.4) is 0 Å². The quantitative estimate of drug-likeness (QED) is 0.425. The summed E-state index contributed by atoms with van der Waals surface area (Å²) in [7, 11) is 0. The smallest absolute Gasteiger partial charge is 0.410 e. The highest BCUT2D eigenvalue weighted by atomic mass is 19.1. The van der Waals surface area contributed by atoms with E-state index in [4.69, 9.17) is 10.00 Å². The first-order valence-corrected chi connectivity index (χ1v) is 12.4. The zero-order chi connectivity index (χ0) is 24.8. The summed E-state index contributed by atoms with van der Waals surface area (Å²) < 4.78 is 19.6. The van der Waals surface area contributed by atoms with E-state index in [2.05, 4.69) is 24.3 Å². The monoisotopic (exact) mass is 480 g/mol. The number of nitrogens with zero attached hydrogens (tertiary/aromatic N) is 2. The van der Waals surface area contributed by atoms with Crippen molar-refractivity contribution in [1.82, 2.24) is 4.90 Å². The Morgan fingerprint density at radius 1 is 0.944 bits per heavy atom. The van der Waals surface area contributed by atoms with Crippen molar-refractivity contribution >= 4 is 11.9 Å². The van der Waals surface area contributed by atoms with Crippen molar-refractivity contribution in [3.05, 3.63) is 94.8 Å². The van der Waals surface area contributed by atoms with Crippen LogP contribution in [-0.2, 0) is 4.74 Å². The number of benzene rings is 3. The molecule has 3 aromatic rings. The maximum atomic E-state index is 13.7. The molecule has 6 rings (SSSR count). The van der Waals surface area contributed by atoms with E-state index in [1.807, 2.05) is 29.2 Å². The van der Waals surface area contributed by atoms with Crippen LogP contribution in [0.2, 0.25) is 0 Å². The minimum atomic E-state index is -0.626. The van der Waals surface area contributed by atoms with Crippen molar-refractivity contribution in [2.75, 3.05) is 6.61 Å². The molecule has 180 valence electrons. The molecule has 2 unspecified atom stereocenters. The number of halogens is 1. The van der Waals surface area contributed by atoms with Gasteiger partial charge in [-0.05, 0) is 66.1 Å². The van der Waals surface area contributed by atoms with Gasteiger partial charge in [-0.25, -0.2) is 9.18 Å². The van der Waals surface area contributed by atoms with E-state index in [1.54, 1.807) is 6.07 Å². The zero-order valence-electron chi connectivity index (χ0n) is 19.7. The Kier molecular flexibility index (Phi) is 5.56. The van der Waals surface area contributed by atoms with E-state index in [-0.39, 0.29) is 48.0 Å². The molecule has 2 aliphatic heterocycles. The van der Waals surface area contributed by atoms with Gasteiger partial charge in [-0.1, -0.05) is 48.5 Å². The number of piperidine rings is 1. The Balaban J connectivity index is 1.14. The van der Waals surface area contributed by atoms with Crippen LogP contribution in [0.4, 0.5) is 9.18 Å². The summed E-state index contributed by atoms with van der Waals surface area (Å²) in [6, 6.07) is 22.1. The van der Waals surface area contributed by atoms with Crippen molar-refractivity contribution in [3.8, 4) is 17.2 Å². The van der Waals surface area contributed by atoms with Gasteiger partial charge in [0.15, 0.2) is 5.78 Å². The largest absolute Gasteiger partial charge is 0.448 e. The summed E-state index contributed by atoms with van der Waals surface area (Å²) in [4.78, 5) is 28.2. The summed E-state index contributed by atoms with van der Waals surface area (Å²) in [5.74, 6) is -0.960. The first-order valence-electron chi connectivity index (χ1n) is 12.4. The van der Waals surface area contributed by atoms with E-state index in [0.29, 0.717) is 18.4 Å². The maximum Gasteiger partial charge on any atom is 0.410 e. The number of rotatable bonds is 4. The van der Waals surface area contributed by atoms with Gasteiger partial charge in [-0.3, -0.25) is 4.79 Å². The Bertz CT molecular complexity index is 1350. The predicted molar refractivity (Wildman–Crippen MR) is 132 cm³/mol. The number of fused-ring (bicyclic) bond motifs is 5. The molecular weight excluding hydrogens is 455 g/mol. The molecule has 5 nitrogen and oxygen atoms in total. The predicted octanol–water partition coefficient (Wildman–Crippen LogP) is 6.07. The van der Waals surface area contributed by atoms with Gasteiger partial charge >= 0.3 is 6.09 Å². The van der Waals surface area contributed by atoms with E-state index in [0.717, 1.165) is 12.8 Å². The molecule has 1 aliphatic carbocycles. The van der Waals surface area contributed by atoms with Crippen molar-refractivity contribution in [2.45, 2.75) is 43.7 Å². The molecule has 2 saturated heterocycles. The molecule has 2 atom stereocenters. The second kappa shape index (κ2) is 8.91. The lowest BCUT2D eigenvalue weighted by molar-refractivity contribution is 0.0506. The van der Waals surface area contributed by atoms with E-state index in [1.165, 1.54) is 40.5 Å². The molecule has 2 heterocycles. The van der Waals surface area contributed by atoms with Crippen LogP contribution in [0.15, 0.2) is 66.7 Å². The summed E-state index contributed by atoms with van der Waals surface area (Å²) >= 11 is 0. The number of ether oxygens (including phenoxy) is 1. The SMILES string of the molecule is N#Cc1cc(C(=O)C2CC3CCC(C2)N3C(=O)OCC2c3ccccc3-c3ccccc32)ccc1F. The fourth-order valence-electron chi connectivity index (χ4n) is 6.36. The second-order valence-corrected chi connectivity index (χ2v) is 9.94. The molecular formula is C30H25FN2O3. The molecule has 3 aromatic carbocycles. The number of carbonyl (C=O) groups excluding carboxylic acids is 2. The summed E-state index contributed by atoms with van der Waals surface area (Å²) in [6.45, 7) is 0.275. The maximum absolute atomic E-state index is 13.7. The van der Waals surface area contributed by atoms with Crippen molar-refractivity contribution in [3.63, 3.8) is 0 Å². The van der Waals surface area contributed by atoms with Gasteiger partial charge in [0.2, 0.25) is 0 Å². The number of hydrogen-bond donors (Lipinski definition) is 0. The lowest BCUT2D eigenvalue weighted by atomic mass is 9.84. The van der Waals surface area contributed by atoms with E-state index >= 15 is 0 Å². The van der Waals surface area contributed by atoms with Crippen LogP contribution in [0.1, 0.15) is 58.6 Å². The number of amides is 1. The van der Waals surface area contributed by atoms with Gasteiger partial charge in [0.25, 0.3) is 0 Å². The third-order valence-electron chi connectivity index (χ3n) is 8.02. The van der Waals surface area contributed by atoms with Crippen LogP contribution in [0.5, 0.6) is 0 Å². The topological polar surface area (TPSA) is 70.4 Å². The first-order chi connectivity index (χ1) is 17.5. The number of Topliss-reactive ketones (excluding diaryl/α,β-unsaturated/α-hetero) is 1. The average molecular weight is 481 g/mol. The Labute approximate surface area is 209 Å². The van der Waals surface area contributed by atoms with Crippen molar-refractivity contribution in [1.29, 1.82) is 5.26 Å². The Morgan fingerprint density at radius 3 is 2.17 bits per heavy atom. The van der Waals surface area contributed by atoms with Gasteiger partial charge in [-0.15, -0.1) is 0 Å². The standard InChI is InChI=1S/C30H25FN2O3/c31-28-12-9-18(13-20(28)16-32)29(34)19-14-21-10-11-22(15-19)33(21)30(35)36-17-27-25-7-3-1-5-23(25)24-6-2-4-8-26(24)27/h1-9,12-13,19,21-22,27H,10-11,14-15,17H2. The highest BCUT2D eigenvalue weighted by Crippen LogP contribution is 2.45. The van der Waals surface area contributed by atoms with Gasteiger partial charge in [0, 0.05) is 29.5 Å². The lowest BCUT2D eigenvalue weighted by Gasteiger charge is -2.37. The molecule has 0 radical (unpaired) electrons. The molecule has 36 heavy (non-hydrogen) atoms. The van der Waals surface area contributed by atoms with Crippen molar-refractivity contribution in [2.24, 2.45) is 5.92 Å². The number of ketones is 1. The molecule has 0 aromatic heterocycles. The summed E-state index contributed by atoms with van der Waals surface area (Å²) in [5, 5.41) is 9.10. The van der Waals surface area contributed by atoms with Gasteiger partial charge in [0.1, 0.15) is 18.5 Å². The molecule has 3 aliphatic rings. The molecule has 0 saturated carbocycles. The van der Waals surface area contributed by atoms with E-state index < -0.39 is 5.82 Å². The molecule has 6 heteroatoms. The molecule has 2 bridgehead atoms. The van der Waals surface area contributed by atoms with Crippen LogP contribution in [0, 0.1) is 23.1 Å². The number of nitriles is 1. The van der Waals surface area contributed by atoms with Crippen molar-refractivity contribution < 1.29 is 18.7 Å². The Hall–Kier alpha value is -3.98. The molecule has 1 amide bonds. The number of hydrogen-bond acceptors (Lipinski definition) is 4. The second-order valence-electron chi connectivity index (χ2n) is 9.94. The van der Waals surface area contributed by atoms with E-state index in [9.17, 15) is 14.0 Å². The molecule has 2 fully saturated rings. The minimum Gasteiger partial charge on any atom is -0.448 e. The summed E-state index contributed by atoms with van der Waals surface area (Å²) in [5.41, 5.74) is 4.96. The van der Waals surface area contributed by atoms with Crippen LogP contribution < -0.4 is 0 Å². The first kappa shape index (κ1) is 22.5. The zero-order valence-corrected chi connectivity index (χ0v) is 19.7. The lowest BCUT2D eigenvalue weighted by Crippen LogP contribution is -2.48. The third kappa shape index (κ3) is 3.67. The highest BCUT2D eigenvalue weighted by molar-refractivity contribution is 5.98. The third-order valence-corrected chi connectivity index (χ3v) is 8.02. The summed E-state index contributed by atoms with van der Waals surface area (Å²) in [6.07, 6.45) is 2.47. The fourth-order valence-corrected chi connectivity index (χ4v) is 6.36. The Morgan fingerprint density at radius 2 is 1.56 bits per heavy atom. The normalized spacial score (nSPS) is 22.0. The van der Waals surface area contributed by atoms with Crippen LogP contribution >= 0.6 is 0 Å². The molecule has 0 N–H and O–H groups in total. The highest BCUT2D eigenvalue weighted by Gasteiger charge is 2.46.